The Hall–Kier alpha value is -1.23. The number of aliphatic hydroxyl groups is 1. The van der Waals surface area contributed by atoms with E-state index in [4.69, 9.17) is 5.73 Å². The van der Waals surface area contributed by atoms with Gasteiger partial charge in [0.2, 0.25) is 0 Å². The van der Waals surface area contributed by atoms with Gasteiger partial charge in [-0.15, -0.1) is 0 Å². The molecule has 0 unspecified atom stereocenters. The molecule has 5 heteroatoms. The molecule has 1 aliphatic carbocycles. The summed E-state index contributed by atoms with van der Waals surface area (Å²) in [4.78, 5) is 0. The smallest absolute Gasteiger partial charge is 0.148 e. The van der Waals surface area contributed by atoms with Crippen LogP contribution in [0.1, 0.15) is 25.0 Å². The van der Waals surface area contributed by atoms with Gasteiger partial charge >= 0.3 is 0 Å². The van der Waals surface area contributed by atoms with Crippen molar-refractivity contribution in [1.29, 1.82) is 0 Å². The van der Waals surface area contributed by atoms with Crippen LogP contribution in [0.15, 0.2) is 0 Å². The van der Waals surface area contributed by atoms with Gasteiger partial charge in [-0.25, -0.2) is 0 Å². The van der Waals surface area contributed by atoms with E-state index in [-0.39, 0.29) is 12.1 Å². The molecule has 1 saturated carbocycles. The predicted molar refractivity (Wildman–Crippen MR) is 59.6 cm³/mol. The first kappa shape index (κ1) is 10.3. The van der Waals surface area contributed by atoms with Gasteiger partial charge in [-0.1, -0.05) is 0 Å². The Balaban J connectivity index is 2.23. The molecule has 1 aromatic rings. The fraction of sp³-hybridized carbons (Fsp3) is 0.700. The summed E-state index contributed by atoms with van der Waals surface area (Å²) in [5.74, 6) is 0.821. The molecular formula is C10H18N4O. The summed E-state index contributed by atoms with van der Waals surface area (Å²) in [7, 11) is 1.86. The van der Waals surface area contributed by atoms with E-state index < -0.39 is 0 Å². The number of hydrogen-bond donors (Lipinski definition) is 3. The summed E-state index contributed by atoms with van der Waals surface area (Å²) in [6.07, 6.45) is 3.14. The first-order chi connectivity index (χ1) is 7.08. The minimum Gasteiger partial charge on any atom is -0.394 e. The third-order valence-corrected chi connectivity index (χ3v) is 3.27. The van der Waals surface area contributed by atoms with Gasteiger partial charge in [0.25, 0.3) is 0 Å². The van der Waals surface area contributed by atoms with Crippen LogP contribution in [0.2, 0.25) is 0 Å². The van der Waals surface area contributed by atoms with E-state index in [1.807, 2.05) is 14.0 Å². The van der Waals surface area contributed by atoms with E-state index in [2.05, 4.69) is 10.4 Å². The van der Waals surface area contributed by atoms with Crippen LogP contribution >= 0.6 is 0 Å². The predicted octanol–water partition coefficient (Wildman–Crippen LogP) is 0.638. The summed E-state index contributed by atoms with van der Waals surface area (Å²) < 4.78 is 1.74. The Bertz CT molecular complexity index is 362. The molecule has 1 aliphatic rings. The average molecular weight is 210 g/mol. The topological polar surface area (TPSA) is 76.1 Å². The lowest BCUT2D eigenvalue weighted by molar-refractivity contribution is 0.143. The highest BCUT2D eigenvalue weighted by atomic mass is 16.3. The molecule has 15 heavy (non-hydrogen) atoms. The van der Waals surface area contributed by atoms with Crippen LogP contribution in [-0.2, 0) is 7.05 Å². The zero-order valence-corrected chi connectivity index (χ0v) is 9.25. The van der Waals surface area contributed by atoms with Gasteiger partial charge in [-0.2, -0.15) is 5.10 Å². The molecule has 4 N–H and O–H groups in total. The maximum atomic E-state index is 9.35. The zero-order valence-electron chi connectivity index (χ0n) is 9.25. The SMILES string of the molecule is Cc1nn(C)c(NC2(CO)CCC2)c1N. The molecule has 0 radical (unpaired) electrons. The molecule has 0 aromatic carbocycles. The maximum Gasteiger partial charge on any atom is 0.148 e. The molecular weight excluding hydrogens is 192 g/mol. The van der Waals surface area contributed by atoms with Crippen molar-refractivity contribution < 1.29 is 5.11 Å². The van der Waals surface area contributed by atoms with Crippen LogP contribution in [0.25, 0.3) is 0 Å². The summed E-state index contributed by atoms with van der Waals surface area (Å²) in [5.41, 5.74) is 7.25. The Labute approximate surface area is 89.3 Å². The molecule has 0 amide bonds. The molecule has 0 bridgehead atoms. The van der Waals surface area contributed by atoms with Crippen molar-refractivity contribution in [3.05, 3.63) is 5.69 Å². The molecule has 1 fully saturated rings. The second-order valence-electron chi connectivity index (χ2n) is 4.39. The van der Waals surface area contributed by atoms with Crippen LogP contribution < -0.4 is 11.1 Å². The summed E-state index contributed by atoms with van der Waals surface area (Å²) in [6.45, 7) is 2.03. The van der Waals surface area contributed by atoms with E-state index in [0.717, 1.165) is 30.8 Å². The third-order valence-electron chi connectivity index (χ3n) is 3.27. The molecule has 5 nitrogen and oxygen atoms in total. The lowest BCUT2D eigenvalue weighted by Crippen LogP contribution is -2.48. The van der Waals surface area contributed by atoms with Crippen molar-refractivity contribution in [2.45, 2.75) is 31.7 Å². The van der Waals surface area contributed by atoms with Crippen LogP contribution in [0.5, 0.6) is 0 Å². The van der Waals surface area contributed by atoms with Crippen LogP contribution in [0.4, 0.5) is 11.5 Å². The fourth-order valence-corrected chi connectivity index (χ4v) is 2.00. The van der Waals surface area contributed by atoms with Crippen LogP contribution in [-0.4, -0.2) is 27.0 Å². The largest absolute Gasteiger partial charge is 0.394 e. The summed E-state index contributed by atoms with van der Waals surface area (Å²) >= 11 is 0. The van der Waals surface area contributed by atoms with Crippen LogP contribution in [0, 0.1) is 6.92 Å². The minimum atomic E-state index is -0.172. The molecule has 0 spiro atoms. The zero-order chi connectivity index (χ0) is 11.1. The van der Waals surface area contributed by atoms with Gasteiger partial charge in [-0.05, 0) is 26.2 Å². The quantitative estimate of drug-likeness (QED) is 0.684. The highest BCUT2D eigenvalue weighted by molar-refractivity contribution is 5.65. The van der Waals surface area contributed by atoms with Gasteiger partial charge < -0.3 is 16.2 Å². The van der Waals surface area contributed by atoms with Crippen molar-refractivity contribution in [1.82, 2.24) is 9.78 Å². The standard InChI is InChI=1S/C10H18N4O/c1-7-8(11)9(14(2)13-7)12-10(6-15)4-3-5-10/h12,15H,3-6,11H2,1-2H3. The number of nitrogens with one attached hydrogen (secondary N) is 1. The number of aryl methyl sites for hydroxylation is 2. The third kappa shape index (κ3) is 1.56. The van der Waals surface area contributed by atoms with Crippen molar-refractivity contribution in [3.8, 4) is 0 Å². The lowest BCUT2D eigenvalue weighted by Gasteiger charge is -2.41. The number of aromatic nitrogens is 2. The first-order valence-electron chi connectivity index (χ1n) is 5.26. The van der Waals surface area contributed by atoms with Crippen molar-refractivity contribution in [3.63, 3.8) is 0 Å². The summed E-state index contributed by atoms with van der Waals surface area (Å²) in [6, 6.07) is 0. The molecule has 0 saturated heterocycles. The first-order valence-corrected chi connectivity index (χ1v) is 5.26. The molecule has 1 aromatic heterocycles. The molecule has 0 aliphatic heterocycles. The van der Waals surface area contributed by atoms with E-state index in [9.17, 15) is 5.11 Å². The fourth-order valence-electron chi connectivity index (χ4n) is 2.00. The Kier molecular flexibility index (Phi) is 2.34. The van der Waals surface area contributed by atoms with Gasteiger partial charge in [-0.3, -0.25) is 4.68 Å². The second kappa shape index (κ2) is 3.41. The van der Waals surface area contributed by atoms with Gasteiger partial charge in [0.1, 0.15) is 5.82 Å². The Morgan fingerprint density at radius 2 is 2.27 bits per heavy atom. The molecule has 2 rings (SSSR count). The Morgan fingerprint density at radius 3 is 2.60 bits per heavy atom. The lowest BCUT2D eigenvalue weighted by atomic mass is 9.77. The van der Waals surface area contributed by atoms with E-state index >= 15 is 0 Å². The molecule has 0 atom stereocenters. The molecule has 84 valence electrons. The van der Waals surface area contributed by atoms with Gasteiger partial charge in [0.05, 0.1) is 23.5 Å². The highest BCUT2D eigenvalue weighted by Gasteiger charge is 2.37. The molecule has 1 heterocycles. The number of nitrogen functional groups attached to an aromatic ring is 1. The van der Waals surface area contributed by atoms with Gasteiger partial charge in [0.15, 0.2) is 0 Å². The van der Waals surface area contributed by atoms with E-state index in [1.54, 1.807) is 4.68 Å². The highest BCUT2D eigenvalue weighted by Crippen LogP contribution is 2.36. The van der Waals surface area contributed by atoms with Crippen molar-refractivity contribution in [2.75, 3.05) is 17.7 Å². The monoisotopic (exact) mass is 210 g/mol. The second-order valence-corrected chi connectivity index (χ2v) is 4.39. The number of hydrogen-bond acceptors (Lipinski definition) is 4. The number of aliphatic hydroxyl groups excluding tert-OH is 1. The average Bonchev–Trinajstić information content (AvgIpc) is 2.37. The van der Waals surface area contributed by atoms with Crippen LogP contribution in [0.3, 0.4) is 0 Å². The van der Waals surface area contributed by atoms with E-state index in [0.29, 0.717) is 5.69 Å². The van der Waals surface area contributed by atoms with E-state index in [1.165, 1.54) is 0 Å². The van der Waals surface area contributed by atoms with Crippen molar-refractivity contribution in [2.24, 2.45) is 7.05 Å². The number of rotatable bonds is 3. The normalized spacial score (nSPS) is 18.6. The van der Waals surface area contributed by atoms with Gasteiger partial charge in [0, 0.05) is 7.05 Å². The number of nitrogens with two attached hydrogens (primary N) is 1. The summed E-state index contributed by atoms with van der Waals surface area (Å²) in [5, 5.41) is 16.9. The number of anilines is 2. The maximum absolute atomic E-state index is 9.35. The minimum absolute atomic E-state index is 0.149. The number of nitrogens with zero attached hydrogens (tertiary/aromatic N) is 2. The Morgan fingerprint density at radius 1 is 1.60 bits per heavy atom. The van der Waals surface area contributed by atoms with Crippen molar-refractivity contribution >= 4 is 11.5 Å².